The van der Waals surface area contributed by atoms with Crippen molar-refractivity contribution >= 4 is 19.4 Å². The molecule has 150 valence electrons. The number of ether oxygens (including phenoxy) is 1. The van der Waals surface area contributed by atoms with Crippen LogP contribution in [0, 0.1) is 5.92 Å². The van der Waals surface area contributed by atoms with Crippen LogP contribution in [0.2, 0.25) is 0 Å². The summed E-state index contributed by atoms with van der Waals surface area (Å²) in [6, 6.07) is 6.60. The fraction of sp³-hybridized carbons (Fsp3) is 0.579. The molecule has 1 heterocycles. The number of carbonyl (C=O) groups excluding carboxylic acids is 2. The highest BCUT2D eigenvalue weighted by atomic mass is 31.2. The summed E-state index contributed by atoms with van der Waals surface area (Å²) in [4.78, 5) is 27.0. The summed E-state index contributed by atoms with van der Waals surface area (Å²) < 4.78 is 29.9. The third-order valence-corrected chi connectivity index (χ3v) is 6.41. The molecule has 0 saturated carbocycles. The molecule has 0 aromatic heterocycles. The van der Waals surface area contributed by atoms with Crippen LogP contribution in [0.15, 0.2) is 24.3 Å². The number of carbonyl (C=O) groups is 2. The lowest BCUT2D eigenvalue weighted by Crippen LogP contribution is -2.54. The van der Waals surface area contributed by atoms with E-state index in [4.69, 9.17) is 13.8 Å². The van der Waals surface area contributed by atoms with Gasteiger partial charge in [0.2, 0.25) is 0 Å². The molecule has 1 aromatic carbocycles. The van der Waals surface area contributed by atoms with Crippen molar-refractivity contribution < 1.29 is 27.9 Å². The van der Waals surface area contributed by atoms with Gasteiger partial charge in [-0.05, 0) is 38.8 Å². The number of benzene rings is 1. The molecule has 2 rings (SSSR count). The first-order valence-electron chi connectivity index (χ1n) is 9.17. The van der Waals surface area contributed by atoms with E-state index in [-0.39, 0.29) is 31.9 Å². The van der Waals surface area contributed by atoms with Crippen molar-refractivity contribution in [2.45, 2.75) is 40.3 Å². The van der Waals surface area contributed by atoms with Gasteiger partial charge >= 0.3 is 7.60 Å². The lowest BCUT2D eigenvalue weighted by Gasteiger charge is -2.39. The van der Waals surface area contributed by atoms with Gasteiger partial charge in [-0.15, -0.1) is 0 Å². The second-order valence-electron chi connectivity index (χ2n) is 6.98. The fourth-order valence-corrected chi connectivity index (χ4v) is 5.02. The smallest absolute Gasteiger partial charge is 0.335 e. The topological polar surface area (TPSA) is 82.1 Å². The maximum atomic E-state index is 13.1. The average molecular weight is 397 g/mol. The van der Waals surface area contributed by atoms with Gasteiger partial charge in [-0.2, -0.15) is 0 Å². The lowest BCUT2D eigenvalue weighted by atomic mass is 10.1. The third-order valence-electron chi connectivity index (χ3n) is 4.13. The van der Waals surface area contributed by atoms with E-state index in [0.29, 0.717) is 11.1 Å². The van der Waals surface area contributed by atoms with Gasteiger partial charge in [0.05, 0.1) is 37.1 Å². The average Bonchev–Trinajstić information content (AvgIpc) is 2.85. The fourth-order valence-electron chi connectivity index (χ4n) is 3.03. The number of imide groups is 1. The SMILES string of the molecule is CCOP(=O)(CC(C)(OCC(C)C)N1C(=O)c2ccccc2C1=O)OCC. The van der Waals surface area contributed by atoms with Crippen LogP contribution in [-0.4, -0.2) is 48.4 Å². The van der Waals surface area contributed by atoms with Crippen molar-refractivity contribution in [3.63, 3.8) is 0 Å². The molecular formula is C19H28NO6P. The first kappa shape index (κ1) is 21.8. The summed E-state index contributed by atoms with van der Waals surface area (Å²) >= 11 is 0. The summed E-state index contributed by atoms with van der Waals surface area (Å²) in [5.74, 6) is -0.791. The summed E-state index contributed by atoms with van der Waals surface area (Å²) in [5.41, 5.74) is -0.841. The predicted molar refractivity (Wildman–Crippen MR) is 102 cm³/mol. The number of fused-ring (bicyclic) bond motifs is 1. The highest BCUT2D eigenvalue weighted by Gasteiger charge is 2.51. The molecule has 0 aliphatic carbocycles. The van der Waals surface area contributed by atoms with Gasteiger partial charge in [0.15, 0.2) is 5.72 Å². The zero-order chi connectivity index (χ0) is 20.2. The van der Waals surface area contributed by atoms with Crippen molar-refractivity contribution in [3.05, 3.63) is 35.4 Å². The van der Waals surface area contributed by atoms with Crippen LogP contribution in [-0.2, 0) is 18.3 Å². The molecule has 27 heavy (non-hydrogen) atoms. The molecular weight excluding hydrogens is 369 g/mol. The molecule has 0 saturated heterocycles. The van der Waals surface area contributed by atoms with E-state index in [1.54, 1.807) is 45.0 Å². The maximum Gasteiger partial charge on any atom is 0.335 e. The molecule has 8 heteroatoms. The van der Waals surface area contributed by atoms with Crippen molar-refractivity contribution in [1.29, 1.82) is 0 Å². The maximum absolute atomic E-state index is 13.1. The molecule has 2 amide bonds. The molecule has 0 spiro atoms. The Morgan fingerprint density at radius 1 is 1.04 bits per heavy atom. The number of amides is 2. The minimum Gasteiger partial charge on any atom is -0.354 e. The monoisotopic (exact) mass is 397 g/mol. The summed E-state index contributed by atoms with van der Waals surface area (Å²) in [7, 11) is -3.57. The summed E-state index contributed by atoms with van der Waals surface area (Å²) in [5, 5.41) is 0. The Kier molecular flexibility index (Phi) is 6.98. The van der Waals surface area contributed by atoms with E-state index >= 15 is 0 Å². The Morgan fingerprint density at radius 2 is 1.52 bits per heavy atom. The quantitative estimate of drug-likeness (QED) is 0.439. The lowest BCUT2D eigenvalue weighted by molar-refractivity contribution is -0.103. The summed E-state index contributed by atoms with van der Waals surface area (Å²) in [6.07, 6.45) is -0.236. The largest absolute Gasteiger partial charge is 0.354 e. The number of nitrogens with zero attached hydrogens (tertiary/aromatic N) is 1. The van der Waals surface area contributed by atoms with Crippen molar-refractivity contribution in [2.24, 2.45) is 5.92 Å². The van der Waals surface area contributed by atoms with Gasteiger partial charge < -0.3 is 13.8 Å². The van der Waals surface area contributed by atoms with Crippen LogP contribution in [0.4, 0.5) is 0 Å². The molecule has 1 aliphatic rings. The Labute approximate surface area is 160 Å². The molecule has 1 aromatic rings. The van der Waals surface area contributed by atoms with Crippen molar-refractivity contribution in [1.82, 2.24) is 4.90 Å². The normalized spacial score (nSPS) is 16.7. The number of hydrogen-bond donors (Lipinski definition) is 0. The number of rotatable bonds is 10. The van der Waals surface area contributed by atoms with Crippen molar-refractivity contribution in [2.75, 3.05) is 26.0 Å². The van der Waals surface area contributed by atoms with Gasteiger partial charge in [0, 0.05) is 0 Å². The van der Waals surface area contributed by atoms with E-state index in [9.17, 15) is 14.2 Å². The first-order valence-corrected chi connectivity index (χ1v) is 10.9. The standard InChI is InChI=1S/C19H28NO6P/c1-6-25-27(23,26-7-2)13-19(5,24-12-14(3)4)20-17(21)15-10-8-9-11-16(15)18(20)22/h8-11,14H,6-7,12-13H2,1-5H3. The Balaban J connectivity index is 2.43. The molecule has 0 N–H and O–H groups in total. The second kappa shape index (κ2) is 8.65. The minimum atomic E-state index is -3.57. The molecule has 1 unspecified atom stereocenters. The molecule has 1 atom stereocenters. The van der Waals surface area contributed by atoms with Gasteiger partial charge in [-0.25, -0.2) is 4.90 Å². The Morgan fingerprint density at radius 3 is 1.93 bits per heavy atom. The van der Waals surface area contributed by atoms with Crippen LogP contribution in [0.3, 0.4) is 0 Å². The summed E-state index contributed by atoms with van der Waals surface area (Å²) in [6.45, 7) is 9.55. The first-order chi connectivity index (χ1) is 12.7. The molecule has 0 bridgehead atoms. The number of hydrogen-bond acceptors (Lipinski definition) is 6. The van der Waals surface area contributed by atoms with E-state index in [1.165, 1.54) is 0 Å². The predicted octanol–water partition coefficient (Wildman–Crippen LogP) is 3.94. The van der Waals surface area contributed by atoms with E-state index in [2.05, 4.69) is 0 Å². The molecule has 0 radical (unpaired) electrons. The van der Waals surface area contributed by atoms with Crippen LogP contribution >= 0.6 is 7.60 Å². The molecule has 0 fully saturated rings. The zero-order valence-electron chi connectivity index (χ0n) is 16.6. The van der Waals surface area contributed by atoms with Crippen LogP contribution < -0.4 is 0 Å². The van der Waals surface area contributed by atoms with E-state index in [1.807, 2.05) is 13.8 Å². The van der Waals surface area contributed by atoms with E-state index in [0.717, 1.165) is 4.90 Å². The van der Waals surface area contributed by atoms with Crippen LogP contribution in [0.1, 0.15) is 55.3 Å². The second-order valence-corrected chi connectivity index (χ2v) is 9.03. The van der Waals surface area contributed by atoms with Gasteiger partial charge in [0.1, 0.15) is 0 Å². The van der Waals surface area contributed by atoms with E-state index < -0.39 is 25.1 Å². The highest BCUT2D eigenvalue weighted by molar-refractivity contribution is 7.53. The Hall–Kier alpha value is -1.53. The van der Waals surface area contributed by atoms with Gasteiger partial charge in [-0.3, -0.25) is 14.2 Å². The molecule has 1 aliphatic heterocycles. The van der Waals surface area contributed by atoms with Crippen LogP contribution in [0.25, 0.3) is 0 Å². The third kappa shape index (κ3) is 4.66. The zero-order valence-corrected chi connectivity index (χ0v) is 17.5. The van der Waals surface area contributed by atoms with Gasteiger partial charge in [0.25, 0.3) is 11.8 Å². The minimum absolute atomic E-state index is 0.151. The van der Waals surface area contributed by atoms with Crippen molar-refractivity contribution in [3.8, 4) is 0 Å². The van der Waals surface area contributed by atoms with Crippen LogP contribution in [0.5, 0.6) is 0 Å². The highest BCUT2D eigenvalue weighted by Crippen LogP contribution is 2.52. The van der Waals surface area contributed by atoms with Gasteiger partial charge in [-0.1, -0.05) is 26.0 Å². The molecule has 7 nitrogen and oxygen atoms in total. The Bertz CT molecular complexity index is 704.